The molecule has 2 aromatic carbocycles. The minimum atomic E-state index is -0.436. The molecule has 0 radical (unpaired) electrons. The Kier molecular flexibility index (Phi) is 5.27. The van der Waals surface area contributed by atoms with Crippen molar-refractivity contribution in [1.82, 2.24) is 9.47 Å². The van der Waals surface area contributed by atoms with Crippen LogP contribution in [0.5, 0.6) is 17.2 Å². The van der Waals surface area contributed by atoms with Crippen molar-refractivity contribution in [1.29, 1.82) is 0 Å². The number of piperidine rings is 1. The van der Waals surface area contributed by atoms with Gasteiger partial charge in [-0.2, -0.15) is 0 Å². The zero-order valence-corrected chi connectivity index (χ0v) is 18.0. The number of rotatable bonds is 5. The second-order valence-electron chi connectivity index (χ2n) is 8.06. The molecule has 1 fully saturated rings. The first-order valence-electron chi connectivity index (χ1n) is 10.8. The maximum Gasteiger partial charge on any atom is 0.253 e. The fourth-order valence-corrected chi connectivity index (χ4v) is 4.65. The van der Waals surface area contributed by atoms with E-state index < -0.39 is 5.60 Å². The highest BCUT2D eigenvalue weighted by atomic mass is 16.5. The van der Waals surface area contributed by atoms with Crippen LogP contribution in [0.25, 0.3) is 5.69 Å². The van der Waals surface area contributed by atoms with Crippen LogP contribution in [0, 0.1) is 0 Å². The van der Waals surface area contributed by atoms with E-state index in [0.717, 1.165) is 17.1 Å². The molecule has 2 aliphatic rings. The molecule has 0 saturated carbocycles. The molecule has 168 valence electrons. The van der Waals surface area contributed by atoms with Crippen LogP contribution in [-0.2, 0) is 5.60 Å². The third-order valence-electron chi connectivity index (χ3n) is 6.26. The Morgan fingerprint density at radius 3 is 2.72 bits per heavy atom. The van der Waals surface area contributed by atoms with Gasteiger partial charge < -0.3 is 28.8 Å². The van der Waals surface area contributed by atoms with Crippen molar-refractivity contribution in [3.8, 4) is 22.9 Å². The molecular weight excluding hydrogens is 408 g/mol. The lowest BCUT2D eigenvalue weighted by Crippen LogP contribution is -2.50. The van der Waals surface area contributed by atoms with E-state index in [1.165, 1.54) is 7.11 Å². The Labute approximate surface area is 188 Å². The van der Waals surface area contributed by atoms with Crippen molar-refractivity contribution in [3.63, 3.8) is 0 Å². The first-order valence-corrected chi connectivity index (χ1v) is 10.8. The molecule has 5 rings (SSSR count). The largest absolute Gasteiger partial charge is 0.493 e. The summed E-state index contributed by atoms with van der Waals surface area (Å²) in [5, 5.41) is 8.97. The molecule has 32 heavy (non-hydrogen) atoms. The molecule has 0 bridgehead atoms. The number of nitrogens with zero attached hydrogens (tertiary/aromatic N) is 2. The highest BCUT2D eigenvalue weighted by Crippen LogP contribution is 2.45. The van der Waals surface area contributed by atoms with E-state index in [1.807, 2.05) is 29.2 Å². The van der Waals surface area contributed by atoms with Crippen LogP contribution in [-0.4, -0.2) is 53.9 Å². The Bertz CT molecular complexity index is 1140. The average Bonchev–Trinajstić information content (AvgIpc) is 3.34. The van der Waals surface area contributed by atoms with Gasteiger partial charge in [0, 0.05) is 39.1 Å². The van der Waals surface area contributed by atoms with E-state index >= 15 is 0 Å². The van der Waals surface area contributed by atoms with Gasteiger partial charge >= 0.3 is 0 Å². The van der Waals surface area contributed by atoms with Crippen molar-refractivity contribution in [2.45, 2.75) is 18.4 Å². The Balaban J connectivity index is 0.00000259. The van der Waals surface area contributed by atoms with Gasteiger partial charge in [-0.1, -0.05) is 12.1 Å². The standard InChI is InChI=1S/C25H26N2O5.H2/c1-30-22-17-18(8-9-21(22)31-16-15-28)24(29)26-13-10-25(11-14-26)23-7-4-12-27(23)19-5-2-3-6-20(19)32-25;/h2-9,12,17,28H,10-11,13-16H2,1H3;1H. The summed E-state index contributed by atoms with van der Waals surface area (Å²) in [7, 11) is 1.54. The van der Waals surface area contributed by atoms with Crippen molar-refractivity contribution in [2.75, 3.05) is 33.4 Å². The number of para-hydroxylation sites is 2. The maximum atomic E-state index is 13.2. The van der Waals surface area contributed by atoms with E-state index in [-0.39, 0.29) is 20.5 Å². The molecule has 0 aliphatic carbocycles. The lowest BCUT2D eigenvalue weighted by molar-refractivity contribution is -0.00931. The average molecular weight is 437 g/mol. The lowest BCUT2D eigenvalue weighted by Gasteiger charge is -2.45. The minimum absolute atomic E-state index is 0. The normalized spacial score (nSPS) is 16.1. The van der Waals surface area contributed by atoms with Crippen LogP contribution >= 0.6 is 0 Å². The first kappa shape index (κ1) is 20.5. The second kappa shape index (κ2) is 8.24. The van der Waals surface area contributed by atoms with E-state index in [4.69, 9.17) is 19.3 Å². The number of benzene rings is 2. The number of likely N-dealkylation sites (tertiary alicyclic amines) is 1. The summed E-state index contributed by atoms with van der Waals surface area (Å²) >= 11 is 0. The van der Waals surface area contributed by atoms with Gasteiger partial charge in [0.1, 0.15) is 12.4 Å². The van der Waals surface area contributed by atoms with Crippen LogP contribution in [0.3, 0.4) is 0 Å². The number of hydrogen-bond donors (Lipinski definition) is 1. The van der Waals surface area contributed by atoms with E-state index in [9.17, 15) is 4.79 Å². The molecule has 0 unspecified atom stereocenters. The van der Waals surface area contributed by atoms with Crippen LogP contribution < -0.4 is 14.2 Å². The predicted octanol–water partition coefficient (Wildman–Crippen LogP) is 3.63. The number of hydrogen-bond acceptors (Lipinski definition) is 5. The number of aliphatic hydroxyl groups excluding tert-OH is 1. The van der Waals surface area contributed by atoms with Crippen LogP contribution in [0.4, 0.5) is 0 Å². The molecule has 1 spiro atoms. The van der Waals surface area contributed by atoms with Crippen molar-refractivity contribution in [2.24, 2.45) is 0 Å². The number of carbonyl (C=O) groups is 1. The Morgan fingerprint density at radius 2 is 1.94 bits per heavy atom. The summed E-state index contributed by atoms with van der Waals surface area (Å²) in [6.45, 7) is 1.27. The number of carbonyl (C=O) groups excluding carboxylic acids is 1. The smallest absolute Gasteiger partial charge is 0.253 e. The summed E-state index contributed by atoms with van der Waals surface area (Å²) in [6, 6.07) is 17.4. The van der Waals surface area contributed by atoms with Crippen molar-refractivity contribution >= 4 is 5.91 Å². The number of methoxy groups -OCH3 is 1. The van der Waals surface area contributed by atoms with Crippen LogP contribution in [0.15, 0.2) is 60.8 Å². The van der Waals surface area contributed by atoms with E-state index in [1.54, 1.807) is 18.2 Å². The topological polar surface area (TPSA) is 73.2 Å². The van der Waals surface area contributed by atoms with Gasteiger partial charge in [0.05, 0.1) is 25.1 Å². The lowest BCUT2D eigenvalue weighted by atomic mass is 9.86. The number of fused-ring (bicyclic) bond motifs is 4. The van der Waals surface area contributed by atoms with Crippen LogP contribution in [0.2, 0.25) is 0 Å². The highest BCUT2D eigenvalue weighted by Gasteiger charge is 2.44. The van der Waals surface area contributed by atoms with Gasteiger partial charge in [-0.3, -0.25) is 4.79 Å². The first-order chi connectivity index (χ1) is 15.6. The number of aliphatic hydroxyl groups is 1. The molecule has 0 atom stereocenters. The zero-order valence-electron chi connectivity index (χ0n) is 18.0. The van der Waals surface area contributed by atoms with Gasteiger partial charge in [-0.15, -0.1) is 0 Å². The molecule has 1 saturated heterocycles. The molecule has 1 amide bonds. The van der Waals surface area contributed by atoms with Gasteiger partial charge in [0.15, 0.2) is 17.1 Å². The third kappa shape index (κ3) is 3.39. The van der Waals surface area contributed by atoms with Gasteiger partial charge in [-0.05, 0) is 42.5 Å². The summed E-state index contributed by atoms with van der Waals surface area (Å²) in [6.07, 6.45) is 3.50. The zero-order chi connectivity index (χ0) is 22.1. The van der Waals surface area contributed by atoms with Crippen molar-refractivity contribution in [3.05, 3.63) is 72.1 Å². The number of ether oxygens (including phenoxy) is 3. The van der Waals surface area contributed by atoms with Gasteiger partial charge in [0.2, 0.25) is 0 Å². The summed E-state index contributed by atoms with van der Waals surface area (Å²) in [4.78, 5) is 15.1. The molecule has 3 aromatic rings. The Hall–Kier alpha value is -3.45. The molecule has 7 nitrogen and oxygen atoms in total. The summed E-state index contributed by atoms with van der Waals surface area (Å²) in [5.41, 5.74) is 2.30. The Morgan fingerprint density at radius 1 is 1.12 bits per heavy atom. The maximum absolute atomic E-state index is 13.2. The SMILES string of the molecule is COc1cc(C(=O)N2CCC3(CC2)Oc2ccccc2-n2cccc23)ccc1OCCO.[HH]. The molecule has 1 N–H and O–H groups in total. The molecule has 1 aromatic heterocycles. The molecule has 3 heterocycles. The quantitative estimate of drug-likeness (QED) is 0.661. The highest BCUT2D eigenvalue weighted by molar-refractivity contribution is 5.95. The number of amides is 1. The number of aromatic nitrogens is 1. The fourth-order valence-electron chi connectivity index (χ4n) is 4.65. The minimum Gasteiger partial charge on any atom is -0.493 e. The third-order valence-corrected chi connectivity index (χ3v) is 6.26. The van der Waals surface area contributed by atoms with Gasteiger partial charge in [0.25, 0.3) is 5.91 Å². The fraction of sp³-hybridized carbons (Fsp3) is 0.320. The van der Waals surface area contributed by atoms with Crippen molar-refractivity contribution < 1.29 is 25.5 Å². The predicted molar refractivity (Wildman–Crippen MR) is 121 cm³/mol. The molecule has 7 heteroatoms. The summed E-state index contributed by atoms with van der Waals surface area (Å²) in [5.74, 6) is 1.81. The van der Waals surface area contributed by atoms with E-state index in [0.29, 0.717) is 43.0 Å². The molecular formula is C25H28N2O5. The van der Waals surface area contributed by atoms with Crippen LogP contribution in [0.1, 0.15) is 30.3 Å². The molecule has 2 aliphatic heterocycles. The summed E-state index contributed by atoms with van der Waals surface area (Å²) < 4.78 is 19.6. The monoisotopic (exact) mass is 436 g/mol. The van der Waals surface area contributed by atoms with E-state index in [2.05, 4.69) is 22.9 Å². The van der Waals surface area contributed by atoms with Gasteiger partial charge in [-0.25, -0.2) is 0 Å². The second-order valence-corrected chi connectivity index (χ2v) is 8.06.